The maximum Gasteiger partial charge on any atom is 0.313 e. The van der Waals surface area contributed by atoms with E-state index in [1.54, 1.807) is 44.2 Å². The zero-order valence-electron chi connectivity index (χ0n) is 14.5. The van der Waals surface area contributed by atoms with Gasteiger partial charge < -0.3 is 24.9 Å². The Morgan fingerprint density at radius 3 is 2.60 bits per heavy atom. The highest BCUT2D eigenvalue weighted by Gasteiger charge is 2.19. The number of nitrogens with one attached hydrogen (secondary N) is 2. The molecule has 134 valence electrons. The first-order chi connectivity index (χ1) is 11.9. The van der Waals surface area contributed by atoms with E-state index < -0.39 is 17.9 Å². The molecule has 1 atom stereocenters. The second-order valence-electron chi connectivity index (χ2n) is 5.48. The summed E-state index contributed by atoms with van der Waals surface area (Å²) in [5, 5.41) is 15.0. The number of hydrogen-bond donors (Lipinski definition) is 3. The number of carbonyl (C=O) groups is 2. The summed E-state index contributed by atoms with van der Waals surface area (Å²) < 4.78 is 10.7. The molecular formula is C18H22N2O5. The molecule has 0 radical (unpaired) electrons. The van der Waals surface area contributed by atoms with Crippen molar-refractivity contribution in [2.24, 2.45) is 0 Å². The average molecular weight is 346 g/mol. The third-order valence-corrected chi connectivity index (χ3v) is 3.54. The van der Waals surface area contributed by atoms with E-state index in [2.05, 4.69) is 10.6 Å². The first-order valence-electron chi connectivity index (χ1n) is 7.98. The Morgan fingerprint density at radius 2 is 1.96 bits per heavy atom. The molecule has 0 bridgehead atoms. The van der Waals surface area contributed by atoms with Gasteiger partial charge in [-0.05, 0) is 39.0 Å². The first kappa shape index (κ1) is 18.5. The molecule has 2 amide bonds. The summed E-state index contributed by atoms with van der Waals surface area (Å²) in [5.74, 6) is 0.0517. The summed E-state index contributed by atoms with van der Waals surface area (Å²) in [7, 11) is 0. The quantitative estimate of drug-likeness (QED) is 0.695. The highest BCUT2D eigenvalue weighted by atomic mass is 16.5. The van der Waals surface area contributed by atoms with Crippen molar-refractivity contribution in [1.29, 1.82) is 0 Å². The highest BCUT2D eigenvalue weighted by molar-refractivity contribution is 6.39. The molecule has 7 heteroatoms. The molecule has 0 aliphatic carbocycles. The molecular weight excluding hydrogens is 324 g/mol. The molecule has 1 aromatic carbocycles. The van der Waals surface area contributed by atoms with Crippen LogP contribution >= 0.6 is 0 Å². The standard InChI is InChI=1S/C18H22N2O5/c1-4-24-16-8-6-5-7-14(16)20-18(23)17(22)19-10-15(21)13-9-11(2)25-12(13)3/h5-9,15,21H,4,10H2,1-3H3,(H,19,22)(H,20,23). The number of aliphatic hydroxyl groups is 1. The van der Waals surface area contributed by atoms with Crippen molar-refractivity contribution in [3.63, 3.8) is 0 Å². The molecule has 7 nitrogen and oxygen atoms in total. The van der Waals surface area contributed by atoms with Gasteiger partial charge in [0.05, 0.1) is 18.4 Å². The normalized spacial score (nSPS) is 11.7. The van der Waals surface area contributed by atoms with Crippen LogP contribution in [-0.4, -0.2) is 30.1 Å². The number of furan rings is 1. The zero-order chi connectivity index (χ0) is 18.4. The summed E-state index contributed by atoms with van der Waals surface area (Å²) in [6.45, 7) is 5.66. The van der Waals surface area contributed by atoms with Crippen molar-refractivity contribution >= 4 is 17.5 Å². The Balaban J connectivity index is 1.92. The fourth-order valence-electron chi connectivity index (χ4n) is 2.39. The van der Waals surface area contributed by atoms with Gasteiger partial charge in [0.25, 0.3) is 0 Å². The Kier molecular flexibility index (Phi) is 6.19. The van der Waals surface area contributed by atoms with Gasteiger partial charge in [0.2, 0.25) is 0 Å². The number of ether oxygens (including phenoxy) is 1. The average Bonchev–Trinajstić information content (AvgIpc) is 2.92. The number of benzene rings is 1. The summed E-state index contributed by atoms with van der Waals surface area (Å²) in [5.41, 5.74) is 0.992. The molecule has 2 aromatic rings. The Bertz CT molecular complexity index is 754. The molecule has 3 N–H and O–H groups in total. The van der Waals surface area contributed by atoms with Gasteiger partial charge in [0.1, 0.15) is 17.3 Å². The third-order valence-electron chi connectivity index (χ3n) is 3.54. The number of aliphatic hydroxyl groups excluding tert-OH is 1. The van der Waals surface area contributed by atoms with Gasteiger partial charge in [0.15, 0.2) is 0 Å². The number of aryl methyl sites for hydroxylation is 2. The lowest BCUT2D eigenvalue weighted by atomic mass is 10.1. The summed E-state index contributed by atoms with van der Waals surface area (Å²) in [4.78, 5) is 24.0. The van der Waals surface area contributed by atoms with E-state index in [0.29, 0.717) is 35.1 Å². The highest BCUT2D eigenvalue weighted by Crippen LogP contribution is 2.23. The number of rotatable bonds is 6. The minimum Gasteiger partial charge on any atom is -0.492 e. The second kappa shape index (κ2) is 8.34. The van der Waals surface area contributed by atoms with Crippen LogP contribution in [0.2, 0.25) is 0 Å². The molecule has 0 saturated carbocycles. The Morgan fingerprint density at radius 1 is 1.24 bits per heavy atom. The zero-order valence-corrected chi connectivity index (χ0v) is 14.5. The molecule has 0 aliphatic rings. The lowest BCUT2D eigenvalue weighted by molar-refractivity contribution is -0.136. The number of amides is 2. The van der Waals surface area contributed by atoms with Crippen LogP contribution in [0.1, 0.15) is 30.1 Å². The summed E-state index contributed by atoms with van der Waals surface area (Å²) >= 11 is 0. The number of anilines is 1. The van der Waals surface area contributed by atoms with E-state index in [1.807, 2.05) is 6.92 Å². The van der Waals surface area contributed by atoms with Crippen LogP contribution in [0.25, 0.3) is 0 Å². The van der Waals surface area contributed by atoms with E-state index >= 15 is 0 Å². The maximum absolute atomic E-state index is 12.0. The van der Waals surface area contributed by atoms with Gasteiger partial charge in [-0.2, -0.15) is 0 Å². The van der Waals surface area contributed by atoms with E-state index in [0.717, 1.165) is 0 Å². The molecule has 0 saturated heterocycles. The lowest BCUT2D eigenvalue weighted by Gasteiger charge is -2.13. The number of carbonyl (C=O) groups excluding carboxylic acids is 2. The Hall–Kier alpha value is -2.80. The molecule has 0 fully saturated rings. The van der Waals surface area contributed by atoms with E-state index in [-0.39, 0.29) is 6.54 Å². The van der Waals surface area contributed by atoms with Crippen LogP contribution in [0.3, 0.4) is 0 Å². The van der Waals surface area contributed by atoms with Gasteiger partial charge in [-0.3, -0.25) is 9.59 Å². The molecule has 25 heavy (non-hydrogen) atoms. The van der Waals surface area contributed by atoms with Crippen LogP contribution in [0.15, 0.2) is 34.7 Å². The van der Waals surface area contributed by atoms with Crippen LogP contribution in [0.5, 0.6) is 5.75 Å². The van der Waals surface area contributed by atoms with Gasteiger partial charge >= 0.3 is 11.8 Å². The van der Waals surface area contributed by atoms with Gasteiger partial charge in [0, 0.05) is 12.1 Å². The van der Waals surface area contributed by atoms with Crippen LogP contribution in [0, 0.1) is 13.8 Å². The Labute approximate surface area is 146 Å². The predicted molar refractivity (Wildman–Crippen MR) is 92.4 cm³/mol. The SMILES string of the molecule is CCOc1ccccc1NC(=O)C(=O)NCC(O)c1cc(C)oc1C. The van der Waals surface area contributed by atoms with Crippen LogP contribution in [0.4, 0.5) is 5.69 Å². The summed E-state index contributed by atoms with van der Waals surface area (Å²) in [6, 6.07) is 8.54. The van der Waals surface area contributed by atoms with Crippen molar-refractivity contribution in [3.8, 4) is 5.75 Å². The predicted octanol–water partition coefficient (Wildman–Crippen LogP) is 2.08. The van der Waals surface area contributed by atoms with Gasteiger partial charge in [-0.25, -0.2) is 0 Å². The topological polar surface area (TPSA) is 101 Å². The van der Waals surface area contributed by atoms with Gasteiger partial charge in [-0.15, -0.1) is 0 Å². The summed E-state index contributed by atoms with van der Waals surface area (Å²) in [6.07, 6.45) is -0.954. The minimum absolute atomic E-state index is 0.0980. The fourth-order valence-corrected chi connectivity index (χ4v) is 2.39. The molecule has 1 aromatic heterocycles. The van der Waals surface area contributed by atoms with Crippen LogP contribution < -0.4 is 15.4 Å². The van der Waals surface area contributed by atoms with Crippen molar-refractivity contribution in [2.75, 3.05) is 18.5 Å². The molecule has 0 spiro atoms. The second-order valence-corrected chi connectivity index (χ2v) is 5.48. The molecule has 2 rings (SSSR count). The molecule has 1 unspecified atom stereocenters. The van der Waals surface area contributed by atoms with Crippen molar-refractivity contribution in [2.45, 2.75) is 26.9 Å². The van der Waals surface area contributed by atoms with E-state index in [9.17, 15) is 14.7 Å². The first-order valence-corrected chi connectivity index (χ1v) is 7.98. The van der Waals surface area contributed by atoms with Crippen molar-refractivity contribution in [1.82, 2.24) is 5.32 Å². The lowest BCUT2D eigenvalue weighted by Crippen LogP contribution is -2.37. The smallest absolute Gasteiger partial charge is 0.313 e. The molecule has 0 aliphatic heterocycles. The monoisotopic (exact) mass is 346 g/mol. The van der Waals surface area contributed by atoms with Crippen LogP contribution in [-0.2, 0) is 9.59 Å². The number of para-hydroxylation sites is 2. The van der Waals surface area contributed by atoms with Crippen molar-refractivity contribution in [3.05, 3.63) is 47.4 Å². The third kappa shape index (κ3) is 4.84. The maximum atomic E-state index is 12.0. The fraction of sp³-hybridized carbons (Fsp3) is 0.333. The molecule has 1 heterocycles. The van der Waals surface area contributed by atoms with Gasteiger partial charge in [-0.1, -0.05) is 12.1 Å². The van der Waals surface area contributed by atoms with E-state index in [1.165, 1.54) is 0 Å². The van der Waals surface area contributed by atoms with E-state index in [4.69, 9.17) is 9.15 Å². The number of hydrogen-bond acceptors (Lipinski definition) is 5. The minimum atomic E-state index is -0.954. The largest absolute Gasteiger partial charge is 0.492 e. The van der Waals surface area contributed by atoms with Crippen molar-refractivity contribution < 1.29 is 23.8 Å².